The summed E-state index contributed by atoms with van der Waals surface area (Å²) in [6.45, 7) is 1.66. The zero-order valence-corrected chi connectivity index (χ0v) is 19.7. The van der Waals surface area contributed by atoms with Crippen molar-refractivity contribution in [1.29, 1.82) is 0 Å². The lowest BCUT2D eigenvalue weighted by molar-refractivity contribution is -0.191. The number of alkyl halides is 5. The minimum atomic E-state index is -2.53. The van der Waals surface area contributed by atoms with Gasteiger partial charge >= 0.3 is 0 Å². The third kappa shape index (κ3) is 4.46. The number of carbonyl (C=O) groups is 2. The molecule has 0 radical (unpaired) electrons. The molecule has 0 aromatic heterocycles. The fourth-order valence-corrected chi connectivity index (χ4v) is 6.47. The van der Waals surface area contributed by atoms with E-state index in [9.17, 15) is 22.8 Å². The molecular weight excluding hydrogens is 468 g/mol. The highest BCUT2D eigenvalue weighted by Crippen LogP contribution is 2.41. The predicted molar refractivity (Wildman–Crippen MR) is 116 cm³/mol. The summed E-state index contributed by atoms with van der Waals surface area (Å²) in [5, 5.41) is 2.70. The number of nitrogens with zero attached hydrogens (tertiary/aromatic N) is 3. The molecule has 6 nitrogen and oxygen atoms in total. The Balaban J connectivity index is 1.58. The Hall–Kier alpha value is -0.770. The first kappa shape index (κ1) is 24.4. The highest BCUT2D eigenvalue weighted by molar-refractivity contribution is 6.21. The summed E-state index contributed by atoms with van der Waals surface area (Å²) in [5.41, 5.74) is -1.24. The molecule has 182 valence electrons. The normalized spacial score (nSPS) is 37.2. The lowest BCUT2D eigenvalue weighted by Gasteiger charge is -2.61. The Morgan fingerprint density at radius 3 is 2.38 bits per heavy atom. The fraction of sp³-hybridized carbons (Fsp3) is 0.905. The van der Waals surface area contributed by atoms with Crippen molar-refractivity contribution in [3.8, 4) is 0 Å². The largest absolute Gasteiger partial charge is 0.321 e. The summed E-state index contributed by atoms with van der Waals surface area (Å²) >= 11 is 12.3. The second-order valence-electron chi connectivity index (χ2n) is 9.74. The van der Waals surface area contributed by atoms with Crippen molar-refractivity contribution in [1.82, 2.24) is 20.0 Å². The molecule has 3 saturated heterocycles. The van der Waals surface area contributed by atoms with Gasteiger partial charge in [0.25, 0.3) is 12.3 Å². The van der Waals surface area contributed by atoms with Crippen LogP contribution in [-0.2, 0) is 9.59 Å². The number of halogens is 5. The number of piperazine rings is 1. The molecular formula is C21H31Cl2F3N4O2. The lowest BCUT2D eigenvalue weighted by Crippen LogP contribution is -2.84. The highest BCUT2D eigenvalue weighted by atomic mass is 35.5. The molecule has 4 fully saturated rings. The molecule has 1 spiro atoms. The average molecular weight is 499 g/mol. The Kier molecular flexibility index (Phi) is 7.21. The van der Waals surface area contributed by atoms with Crippen LogP contribution in [-0.4, -0.2) is 100 Å². The van der Waals surface area contributed by atoms with Gasteiger partial charge in [0.2, 0.25) is 5.91 Å². The van der Waals surface area contributed by atoms with Gasteiger partial charge in [-0.3, -0.25) is 19.8 Å². The van der Waals surface area contributed by atoms with Gasteiger partial charge in [-0.1, -0.05) is 0 Å². The number of nitrogens with one attached hydrogen (secondary N) is 1. The first-order valence-corrected chi connectivity index (χ1v) is 12.3. The van der Waals surface area contributed by atoms with Crippen molar-refractivity contribution in [2.45, 2.75) is 80.1 Å². The molecule has 3 heterocycles. The van der Waals surface area contributed by atoms with Crippen molar-refractivity contribution in [3.05, 3.63) is 0 Å². The summed E-state index contributed by atoms with van der Waals surface area (Å²) < 4.78 is 40.7. The van der Waals surface area contributed by atoms with Crippen molar-refractivity contribution < 1.29 is 22.8 Å². The quantitative estimate of drug-likeness (QED) is 0.591. The van der Waals surface area contributed by atoms with E-state index in [-0.39, 0.29) is 60.6 Å². The van der Waals surface area contributed by atoms with Crippen LogP contribution in [0.3, 0.4) is 0 Å². The Bertz CT molecular complexity index is 719. The summed E-state index contributed by atoms with van der Waals surface area (Å²) in [7, 11) is 0. The molecule has 0 bridgehead atoms. The SMILES string of the molecule is C[C@@H](C1CCC(Cl)CC1)N1C(=O)CN(C2NCC(Cl)CC2F)C(=O)C12CN(CC(F)F)C2. The van der Waals surface area contributed by atoms with Crippen LogP contribution in [0.5, 0.6) is 0 Å². The molecule has 3 unspecified atom stereocenters. The summed E-state index contributed by atoms with van der Waals surface area (Å²) in [6, 6.07) is -0.223. The van der Waals surface area contributed by atoms with Crippen molar-refractivity contribution in [2.75, 3.05) is 32.7 Å². The van der Waals surface area contributed by atoms with Crippen LogP contribution in [0.25, 0.3) is 0 Å². The van der Waals surface area contributed by atoms with Gasteiger partial charge in [0.05, 0.1) is 6.54 Å². The summed E-state index contributed by atoms with van der Waals surface area (Å²) in [4.78, 5) is 31.5. The molecule has 4 atom stereocenters. The molecule has 1 aliphatic carbocycles. The maximum atomic E-state index is 14.8. The molecule has 1 saturated carbocycles. The van der Waals surface area contributed by atoms with Gasteiger partial charge in [0, 0.05) is 36.4 Å². The number of rotatable bonds is 5. The van der Waals surface area contributed by atoms with Crippen LogP contribution in [0.4, 0.5) is 13.2 Å². The second kappa shape index (κ2) is 9.47. The Morgan fingerprint density at radius 2 is 1.78 bits per heavy atom. The lowest BCUT2D eigenvalue weighted by atomic mass is 9.77. The van der Waals surface area contributed by atoms with E-state index in [1.807, 2.05) is 6.92 Å². The van der Waals surface area contributed by atoms with E-state index in [0.29, 0.717) is 6.54 Å². The number of hydrogen-bond acceptors (Lipinski definition) is 4. The van der Waals surface area contributed by atoms with Crippen LogP contribution in [0.15, 0.2) is 0 Å². The van der Waals surface area contributed by atoms with Crippen LogP contribution < -0.4 is 5.32 Å². The maximum absolute atomic E-state index is 14.8. The van der Waals surface area contributed by atoms with Gasteiger partial charge in [-0.2, -0.15) is 0 Å². The van der Waals surface area contributed by atoms with Gasteiger partial charge < -0.3 is 9.80 Å². The first-order chi connectivity index (χ1) is 15.1. The number of likely N-dealkylation sites (tertiary alicyclic amines) is 1. The molecule has 4 aliphatic rings. The monoisotopic (exact) mass is 498 g/mol. The molecule has 3 aliphatic heterocycles. The number of amides is 2. The second-order valence-corrected chi connectivity index (χ2v) is 11.0. The van der Waals surface area contributed by atoms with Crippen LogP contribution in [0.1, 0.15) is 39.0 Å². The molecule has 0 aromatic carbocycles. The highest BCUT2D eigenvalue weighted by Gasteiger charge is 2.62. The molecule has 4 rings (SSSR count). The van der Waals surface area contributed by atoms with Crippen LogP contribution in [0.2, 0.25) is 0 Å². The van der Waals surface area contributed by atoms with Gasteiger partial charge in [-0.05, 0) is 44.9 Å². The van der Waals surface area contributed by atoms with E-state index >= 15 is 0 Å². The molecule has 2 amide bonds. The maximum Gasteiger partial charge on any atom is 0.253 e. The van der Waals surface area contributed by atoms with Crippen molar-refractivity contribution in [2.24, 2.45) is 5.92 Å². The zero-order chi connectivity index (χ0) is 23.2. The first-order valence-electron chi connectivity index (χ1n) is 11.4. The summed E-state index contributed by atoms with van der Waals surface area (Å²) in [6.07, 6.45) is -1.39. The molecule has 32 heavy (non-hydrogen) atoms. The minimum absolute atomic E-state index is 0.0371. The molecule has 0 aromatic rings. The van der Waals surface area contributed by atoms with E-state index < -0.39 is 30.8 Å². The number of carbonyl (C=O) groups excluding carboxylic acids is 2. The van der Waals surface area contributed by atoms with E-state index in [1.165, 1.54) is 9.80 Å². The van der Waals surface area contributed by atoms with Crippen LogP contribution in [0, 0.1) is 5.92 Å². The number of hydrogen-bond donors (Lipinski definition) is 1. The van der Waals surface area contributed by atoms with E-state index in [2.05, 4.69) is 5.32 Å². The van der Waals surface area contributed by atoms with Crippen LogP contribution >= 0.6 is 23.2 Å². The van der Waals surface area contributed by atoms with E-state index in [1.54, 1.807) is 4.90 Å². The standard InChI is InChI=1S/C21H31Cl2F3N4O2/c1-12(13-2-4-14(22)5-3-13)30-18(31)9-29(19-16(24)6-15(23)7-27-19)20(32)21(30)10-28(11-21)8-17(25)26/h12-17,19,27H,2-11H2,1H3/t12-,13?,14?,15?,16?,19?/m0/s1. The third-order valence-electron chi connectivity index (χ3n) is 7.56. The third-order valence-corrected chi connectivity index (χ3v) is 8.33. The average Bonchev–Trinajstić information content (AvgIpc) is 2.69. The predicted octanol–water partition coefficient (Wildman–Crippen LogP) is 2.43. The van der Waals surface area contributed by atoms with Gasteiger partial charge in [0.15, 0.2) is 0 Å². The number of piperidine rings is 1. The molecule has 1 N–H and O–H groups in total. The van der Waals surface area contributed by atoms with Gasteiger partial charge in [-0.25, -0.2) is 13.2 Å². The topological polar surface area (TPSA) is 55.9 Å². The summed E-state index contributed by atoms with van der Waals surface area (Å²) in [5.74, 6) is -0.439. The van der Waals surface area contributed by atoms with Gasteiger partial charge in [0.1, 0.15) is 24.4 Å². The van der Waals surface area contributed by atoms with E-state index in [4.69, 9.17) is 23.2 Å². The van der Waals surface area contributed by atoms with E-state index in [0.717, 1.165) is 25.7 Å². The minimum Gasteiger partial charge on any atom is -0.321 e. The van der Waals surface area contributed by atoms with Gasteiger partial charge in [-0.15, -0.1) is 23.2 Å². The Morgan fingerprint density at radius 1 is 1.12 bits per heavy atom. The molecule has 11 heteroatoms. The van der Waals surface area contributed by atoms with Crippen molar-refractivity contribution in [3.63, 3.8) is 0 Å². The smallest absolute Gasteiger partial charge is 0.253 e. The fourth-order valence-electron chi connectivity index (χ4n) is 5.96. The Labute approximate surface area is 196 Å². The zero-order valence-electron chi connectivity index (χ0n) is 18.2. The van der Waals surface area contributed by atoms with Crippen molar-refractivity contribution >= 4 is 35.0 Å².